The first-order chi connectivity index (χ1) is 6.47. The number of rotatable bonds is 2. The molecular formula is C9H13F2NO2. The van der Waals surface area contributed by atoms with Crippen molar-refractivity contribution in [2.45, 2.75) is 43.7 Å². The van der Waals surface area contributed by atoms with E-state index >= 15 is 0 Å². The SMILES string of the molecule is O=C(O)CC1C[C@@H]2CC(F)(F)[C@H](C1)N2. The van der Waals surface area contributed by atoms with Crippen LogP contribution in [0, 0.1) is 5.92 Å². The van der Waals surface area contributed by atoms with Crippen LogP contribution in [-0.2, 0) is 4.79 Å². The summed E-state index contributed by atoms with van der Waals surface area (Å²) in [6.45, 7) is 0. The first-order valence-electron chi connectivity index (χ1n) is 4.83. The largest absolute Gasteiger partial charge is 0.481 e. The quantitative estimate of drug-likeness (QED) is 0.713. The predicted molar refractivity (Wildman–Crippen MR) is 45.3 cm³/mol. The molecule has 5 heteroatoms. The van der Waals surface area contributed by atoms with Gasteiger partial charge < -0.3 is 10.4 Å². The highest BCUT2D eigenvalue weighted by atomic mass is 19.3. The highest BCUT2D eigenvalue weighted by molar-refractivity contribution is 5.67. The van der Waals surface area contributed by atoms with Crippen molar-refractivity contribution in [2.24, 2.45) is 5.92 Å². The minimum Gasteiger partial charge on any atom is -0.481 e. The average molecular weight is 205 g/mol. The molecule has 0 aromatic carbocycles. The van der Waals surface area contributed by atoms with Gasteiger partial charge in [0.25, 0.3) is 5.92 Å². The molecule has 0 aromatic heterocycles. The summed E-state index contributed by atoms with van der Waals surface area (Å²) >= 11 is 0. The van der Waals surface area contributed by atoms with Crippen molar-refractivity contribution in [3.8, 4) is 0 Å². The number of carboxylic acid groups (broad SMARTS) is 1. The summed E-state index contributed by atoms with van der Waals surface area (Å²) in [7, 11) is 0. The molecule has 0 radical (unpaired) electrons. The first-order valence-corrected chi connectivity index (χ1v) is 4.83. The van der Waals surface area contributed by atoms with E-state index in [-0.39, 0.29) is 31.2 Å². The minimum atomic E-state index is -2.64. The van der Waals surface area contributed by atoms with Crippen LogP contribution in [0.1, 0.15) is 25.7 Å². The Morgan fingerprint density at radius 2 is 2.21 bits per heavy atom. The minimum absolute atomic E-state index is 0.0186. The van der Waals surface area contributed by atoms with Crippen LogP contribution < -0.4 is 5.32 Å². The number of halogens is 2. The van der Waals surface area contributed by atoms with Crippen molar-refractivity contribution in [2.75, 3.05) is 0 Å². The van der Waals surface area contributed by atoms with Gasteiger partial charge in [-0.05, 0) is 18.8 Å². The number of hydrogen-bond donors (Lipinski definition) is 2. The second-order valence-electron chi connectivity index (χ2n) is 4.32. The Hall–Kier alpha value is -0.710. The third-order valence-electron chi connectivity index (χ3n) is 3.12. The molecule has 0 saturated carbocycles. The zero-order valence-electron chi connectivity index (χ0n) is 7.67. The lowest BCUT2D eigenvalue weighted by Crippen LogP contribution is -2.43. The number of fused-ring (bicyclic) bond motifs is 2. The normalized spacial score (nSPS) is 39.7. The van der Waals surface area contributed by atoms with Gasteiger partial charge in [-0.1, -0.05) is 0 Å². The fourth-order valence-electron chi connectivity index (χ4n) is 2.57. The maximum Gasteiger partial charge on any atom is 0.303 e. The van der Waals surface area contributed by atoms with Crippen molar-refractivity contribution in [3.63, 3.8) is 0 Å². The van der Waals surface area contributed by atoms with Crippen LogP contribution >= 0.6 is 0 Å². The van der Waals surface area contributed by atoms with E-state index in [1.807, 2.05) is 0 Å². The molecule has 3 atom stereocenters. The maximum absolute atomic E-state index is 13.2. The fraction of sp³-hybridized carbons (Fsp3) is 0.889. The Kier molecular flexibility index (Phi) is 2.21. The van der Waals surface area contributed by atoms with Crippen molar-refractivity contribution in [3.05, 3.63) is 0 Å². The predicted octanol–water partition coefficient (Wildman–Crippen LogP) is 1.24. The van der Waals surface area contributed by atoms with Gasteiger partial charge in [-0.15, -0.1) is 0 Å². The third kappa shape index (κ3) is 1.73. The van der Waals surface area contributed by atoms with Crippen molar-refractivity contribution >= 4 is 5.97 Å². The zero-order valence-corrected chi connectivity index (χ0v) is 7.67. The molecular weight excluding hydrogens is 192 g/mol. The Balaban J connectivity index is 2.00. The Labute approximate surface area is 80.5 Å². The molecule has 2 aliphatic heterocycles. The molecule has 80 valence electrons. The van der Waals surface area contributed by atoms with Gasteiger partial charge in [-0.2, -0.15) is 0 Å². The lowest BCUT2D eigenvalue weighted by atomic mass is 9.89. The number of alkyl halides is 2. The average Bonchev–Trinajstić information content (AvgIpc) is 2.19. The molecule has 14 heavy (non-hydrogen) atoms. The summed E-state index contributed by atoms with van der Waals surface area (Å²) in [6.07, 6.45) is 0.743. The van der Waals surface area contributed by atoms with Crippen molar-refractivity contribution in [1.29, 1.82) is 0 Å². The molecule has 2 saturated heterocycles. The molecule has 2 fully saturated rings. The second-order valence-corrected chi connectivity index (χ2v) is 4.32. The molecule has 1 unspecified atom stereocenters. The summed E-state index contributed by atoms with van der Waals surface area (Å²) in [4.78, 5) is 10.5. The lowest BCUT2D eigenvalue weighted by Gasteiger charge is -2.28. The number of aliphatic carboxylic acids is 1. The second kappa shape index (κ2) is 3.15. The van der Waals surface area contributed by atoms with Crippen LogP contribution in [0.4, 0.5) is 8.78 Å². The fourth-order valence-corrected chi connectivity index (χ4v) is 2.57. The van der Waals surface area contributed by atoms with Gasteiger partial charge in [0.2, 0.25) is 0 Å². The van der Waals surface area contributed by atoms with E-state index in [0.29, 0.717) is 6.42 Å². The Bertz CT molecular complexity index is 257. The molecule has 2 bridgehead atoms. The summed E-state index contributed by atoms with van der Waals surface area (Å²) in [5.41, 5.74) is 0. The van der Waals surface area contributed by atoms with Crippen LogP contribution in [0.5, 0.6) is 0 Å². The highest BCUT2D eigenvalue weighted by Crippen LogP contribution is 2.41. The Morgan fingerprint density at radius 3 is 2.79 bits per heavy atom. The van der Waals surface area contributed by atoms with Gasteiger partial charge in [0, 0.05) is 18.9 Å². The molecule has 2 N–H and O–H groups in total. The summed E-state index contributed by atoms with van der Waals surface area (Å²) < 4.78 is 26.4. The number of piperidine rings is 1. The van der Waals surface area contributed by atoms with Gasteiger partial charge in [0.05, 0.1) is 6.04 Å². The maximum atomic E-state index is 13.2. The van der Waals surface area contributed by atoms with E-state index in [2.05, 4.69) is 5.32 Å². The van der Waals surface area contributed by atoms with E-state index in [0.717, 1.165) is 0 Å². The molecule has 0 aromatic rings. The van der Waals surface area contributed by atoms with Crippen LogP contribution in [0.3, 0.4) is 0 Å². The van der Waals surface area contributed by atoms with Crippen molar-refractivity contribution < 1.29 is 18.7 Å². The first kappa shape index (κ1) is 9.83. The van der Waals surface area contributed by atoms with Crippen LogP contribution in [0.2, 0.25) is 0 Å². The monoisotopic (exact) mass is 205 g/mol. The molecule has 3 nitrogen and oxygen atoms in total. The number of carboxylic acids is 1. The van der Waals surface area contributed by atoms with Crippen molar-refractivity contribution in [1.82, 2.24) is 5.32 Å². The molecule has 0 spiro atoms. The van der Waals surface area contributed by atoms with Gasteiger partial charge in [-0.3, -0.25) is 4.79 Å². The van der Waals surface area contributed by atoms with Crippen LogP contribution in [0.25, 0.3) is 0 Å². The topological polar surface area (TPSA) is 49.3 Å². The smallest absolute Gasteiger partial charge is 0.303 e. The van der Waals surface area contributed by atoms with Gasteiger partial charge in [0.1, 0.15) is 0 Å². The van der Waals surface area contributed by atoms with E-state index in [9.17, 15) is 13.6 Å². The van der Waals surface area contributed by atoms with Crippen LogP contribution in [0.15, 0.2) is 0 Å². The van der Waals surface area contributed by atoms with Gasteiger partial charge in [0.15, 0.2) is 0 Å². The standard InChI is InChI=1S/C9H13F2NO2/c10-9(11)4-6-1-5(3-8(13)14)2-7(9)12-6/h5-7,12H,1-4H2,(H,13,14)/t5?,6-,7+/m1/s1. The molecule has 2 aliphatic rings. The van der Waals surface area contributed by atoms with Crippen LogP contribution in [-0.4, -0.2) is 29.1 Å². The summed E-state index contributed by atoms with van der Waals surface area (Å²) in [5.74, 6) is -3.62. The van der Waals surface area contributed by atoms with Gasteiger partial charge in [-0.25, -0.2) is 8.78 Å². The number of carbonyl (C=O) groups is 1. The van der Waals surface area contributed by atoms with E-state index < -0.39 is 17.9 Å². The van der Waals surface area contributed by atoms with E-state index in [1.54, 1.807) is 0 Å². The Morgan fingerprint density at radius 1 is 1.50 bits per heavy atom. The number of nitrogens with one attached hydrogen (secondary N) is 1. The molecule has 2 rings (SSSR count). The molecule has 0 aliphatic carbocycles. The number of hydrogen-bond acceptors (Lipinski definition) is 2. The van der Waals surface area contributed by atoms with E-state index in [1.165, 1.54) is 0 Å². The van der Waals surface area contributed by atoms with Gasteiger partial charge >= 0.3 is 5.97 Å². The van der Waals surface area contributed by atoms with E-state index in [4.69, 9.17) is 5.11 Å². The zero-order chi connectivity index (χ0) is 10.3. The third-order valence-corrected chi connectivity index (χ3v) is 3.12. The molecule has 2 heterocycles. The lowest BCUT2D eigenvalue weighted by molar-refractivity contribution is -0.138. The molecule has 0 amide bonds. The summed E-state index contributed by atoms with van der Waals surface area (Å²) in [5, 5.41) is 11.4. The highest BCUT2D eigenvalue weighted by Gasteiger charge is 2.52. The summed E-state index contributed by atoms with van der Waals surface area (Å²) in [6, 6.07) is -0.987.